The van der Waals surface area contributed by atoms with E-state index < -0.39 is 17.7 Å². The number of hydrogen-bond donors (Lipinski definition) is 1. The summed E-state index contributed by atoms with van der Waals surface area (Å²) in [7, 11) is 0. The average molecular weight is 680 g/mol. The maximum Gasteiger partial charge on any atom is 0.301 e. The molecule has 48 heavy (non-hydrogen) atoms. The van der Waals surface area contributed by atoms with Gasteiger partial charge >= 0.3 is 5.91 Å². The quantitative estimate of drug-likeness (QED) is 0.0547. The van der Waals surface area contributed by atoms with Crippen molar-refractivity contribution in [2.45, 2.75) is 55.9 Å². The fourth-order valence-electron chi connectivity index (χ4n) is 5.39. The highest BCUT2D eigenvalue weighted by Crippen LogP contribution is 2.44. The van der Waals surface area contributed by atoms with E-state index in [0.717, 1.165) is 22.3 Å². The number of aryl methyl sites for hydroxylation is 1. The third-order valence-corrected chi connectivity index (χ3v) is 10.3. The van der Waals surface area contributed by atoms with E-state index in [4.69, 9.17) is 4.74 Å². The number of carbonyl (C=O) groups excluding carboxylic acids is 2. The Morgan fingerprint density at radius 2 is 1.62 bits per heavy atom. The van der Waals surface area contributed by atoms with Crippen molar-refractivity contribution in [2.75, 3.05) is 4.90 Å². The Bertz CT molecular complexity index is 1980. The van der Waals surface area contributed by atoms with Crippen LogP contribution in [0.5, 0.6) is 5.75 Å². The van der Waals surface area contributed by atoms with Gasteiger partial charge in [0.1, 0.15) is 23.9 Å². The van der Waals surface area contributed by atoms with Crippen LogP contribution in [0.4, 0.5) is 9.52 Å². The van der Waals surface area contributed by atoms with E-state index in [1.807, 2.05) is 55.5 Å². The van der Waals surface area contributed by atoms with E-state index in [1.165, 1.54) is 40.1 Å². The standard InChI is InChI=1S/C38H34FN3O4S2/c1-23-7-5-6-8-27(23)21-46-30-19-13-26(14-20-30)33(43)31-32(25-11-15-28(16-12-25)38(2,3)4)42(35(45)34(31)44)36-40-41-37(48-36)47-22-24-9-17-29(39)18-10-24/h5-20,32,43H,21-22H2,1-4H3/b33-31+. The van der Waals surface area contributed by atoms with Gasteiger partial charge in [0, 0.05) is 11.3 Å². The van der Waals surface area contributed by atoms with Gasteiger partial charge in [0.25, 0.3) is 5.78 Å². The number of benzene rings is 4. The normalized spacial score (nSPS) is 16.0. The van der Waals surface area contributed by atoms with Gasteiger partial charge in [-0.05, 0) is 76.6 Å². The van der Waals surface area contributed by atoms with Gasteiger partial charge < -0.3 is 9.84 Å². The maximum absolute atomic E-state index is 13.7. The second-order valence-electron chi connectivity index (χ2n) is 12.5. The van der Waals surface area contributed by atoms with Crippen LogP contribution in [0.15, 0.2) is 107 Å². The molecule has 7 nitrogen and oxygen atoms in total. The van der Waals surface area contributed by atoms with Crippen molar-refractivity contribution in [3.05, 3.63) is 142 Å². The van der Waals surface area contributed by atoms with E-state index >= 15 is 0 Å². The first-order chi connectivity index (χ1) is 23.0. The largest absolute Gasteiger partial charge is 0.507 e. The lowest BCUT2D eigenvalue weighted by atomic mass is 9.85. The van der Waals surface area contributed by atoms with Crippen molar-refractivity contribution in [1.82, 2.24) is 10.2 Å². The molecule has 1 aliphatic heterocycles. The lowest BCUT2D eigenvalue weighted by Crippen LogP contribution is -2.29. The second-order valence-corrected chi connectivity index (χ2v) is 14.7. The number of anilines is 1. The summed E-state index contributed by atoms with van der Waals surface area (Å²) in [5, 5.41) is 20.4. The zero-order chi connectivity index (χ0) is 34.0. The van der Waals surface area contributed by atoms with E-state index in [-0.39, 0.29) is 27.7 Å². The number of aliphatic hydroxyl groups excluding tert-OH is 1. The third kappa shape index (κ3) is 7.05. The topological polar surface area (TPSA) is 92.6 Å². The summed E-state index contributed by atoms with van der Waals surface area (Å²) in [4.78, 5) is 28.7. The molecule has 0 bridgehead atoms. The van der Waals surface area contributed by atoms with E-state index in [9.17, 15) is 19.1 Å². The van der Waals surface area contributed by atoms with Crippen LogP contribution in [0.2, 0.25) is 0 Å². The van der Waals surface area contributed by atoms with Gasteiger partial charge in [-0.2, -0.15) is 0 Å². The van der Waals surface area contributed by atoms with Gasteiger partial charge in [0.05, 0.1) is 11.6 Å². The van der Waals surface area contributed by atoms with E-state index in [1.54, 1.807) is 36.4 Å². The van der Waals surface area contributed by atoms with Gasteiger partial charge in [-0.1, -0.05) is 105 Å². The summed E-state index contributed by atoms with van der Waals surface area (Å²) in [5.74, 6) is -1.09. The Labute approximate surface area is 287 Å². The number of amides is 1. The Morgan fingerprint density at radius 3 is 2.29 bits per heavy atom. The second kappa shape index (κ2) is 13.7. The van der Waals surface area contributed by atoms with Crippen molar-refractivity contribution in [3.63, 3.8) is 0 Å². The van der Waals surface area contributed by atoms with E-state index in [2.05, 4.69) is 31.0 Å². The van der Waals surface area contributed by atoms with Gasteiger partial charge in [-0.15, -0.1) is 10.2 Å². The molecule has 1 aromatic heterocycles. The summed E-state index contributed by atoms with van der Waals surface area (Å²) in [6, 6.07) is 27.8. The van der Waals surface area contributed by atoms with Crippen LogP contribution in [0.3, 0.4) is 0 Å². The number of Topliss-reactive ketones (excluding diaryl/α,β-unsaturated/α-hetero) is 1. The number of aliphatic hydroxyl groups is 1. The SMILES string of the molecule is Cc1ccccc1COc1ccc(/C(O)=C2\C(=O)C(=O)N(c3nnc(SCc4ccc(F)cc4)s3)C2c2ccc(C(C)(C)C)cc2)cc1. The fourth-order valence-corrected chi connectivity index (χ4v) is 7.22. The molecule has 0 spiro atoms. The van der Waals surface area contributed by atoms with Crippen LogP contribution < -0.4 is 9.64 Å². The molecule has 6 rings (SSSR count). The minimum atomic E-state index is -0.932. The number of carbonyl (C=O) groups is 2. The molecule has 244 valence electrons. The number of ether oxygens (including phenoxy) is 1. The van der Waals surface area contributed by atoms with Crippen LogP contribution >= 0.6 is 23.1 Å². The minimum Gasteiger partial charge on any atom is -0.507 e. The zero-order valence-electron chi connectivity index (χ0n) is 26.9. The Kier molecular flexibility index (Phi) is 9.48. The number of thioether (sulfide) groups is 1. The molecule has 0 aliphatic carbocycles. The lowest BCUT2D eigenvalue weighted by molar-refractivity contribution is -0.132. The van der Waals surface area contributed by atoms with Crippen molar-refractivity contribution in [3.8, 4) is 5.75 Å². The van der Waals surface area contributed by atoms with Gasteiger partial charge in [-0.25, -0.2) is 4.39 Å². The van der Waals surface area contributed by atoms with Crippen molar-refractivity contribution in [2.24, 2.45) is 0 Å². The molecule has 1 aliphatic rings. The summed E-state index contributed by atoms with van der Waals surface area (Å²) < 4.78 is 19.9. The molecule has 1 unspecified atom stereocenters. The molecule has 1 N–H and O–H groups in total. The molecular weight excluding hydrogens is 646 g/mol. The first-order valence-corrected chi connectivity index (χ1v) is 17.2. The molecule has 1 amide bonds. The number of ketones is 1. The van der Waals surface area contributed by atoms with Crippen LogP contribution in [-0.4, -0.2) is 27.0 Å². The van der Waals surface area contributed by atoms with Gasteiger partial charge in [0.2, 0.25) is 5.13 Å². The van der Waals surface area contributed by atoms with Crippen LogP contribution in [0, 0.1) is 12.7 Å². The number of rotatable bonds is 9. The summed E-state index contributed by atoms with van der Waals surface area (Å²) in [6.07, 6.45) is 0. The Balaban J connectivity index is 1.32. The van der Waals surface area contributed by atoms with Crippen LogP contribution in [-0.2, 0) is 27.4 Å². The highest BCUT2D eigenvalue weighted by molar-refractivity contribution is 8.00. The monoisotopic (exact) mass is 679 g/mol. The number of halogens is 1. The van der Waals surface area contributed by atoms with Crippen molar-refractivity contribution < 1.29 is 23.8 Å². The summed E-state index contributed by atoms with van der Waals surface area (Å²) in [6.45, 7) is 8.73. The van der Waals surface area contributed by atoms with Gasteiger partial charge in [-0.3, -0.25) is 14.5 Å². The fraction of sp³-hybridized carbons (Fsp3) is 0.211. The molecule has 1 fully saturated rings. The summed E-state index contributed by atoms with van der Waals surface area (Å²) in [5.41, 5.74) is 5.06. The van der Waals surface area contributed by atoms with Crippen molar-refractivity contribution in [1.29, 1.82) is 0 Å². The molecule has 1 atom stereocenters. The first kappa shape index (κ1) is 33.1. The van der Waals surface area contributed by atoms with Crippen molar-refractivity contribution >= 4 is 45.7 Å². The highest BCUT2D eigenvalue weighted by atomic mass is 32.2. The predicted molar refractivity (Wildman–Crippen MR) is 188 cm³/mol. The average Bonchev–Trinajstić information content (AvgIpc) is 3.65. The highest BCUT2D eigenvalue weighted by Gasteiger charge is 2.48. The molecule has 1 saturated heterocycles. The lowest BCUT2D eigenvalue weighted by Gasteiger charge is -2.24. The Morgan fingerprint density at radius 1 is 0.938 bits per heavy atom. The third-order valence-electron chi connectivity index (χ3n) is 8.20. The maximum atomic E-state index is 13.7. The molecule has 0 saturated carbocycles. The molecule has 4 aromatic carbocycles. The molecule has 5 aromatic rings. The van der Waals surface area contributed by atoms with Crippen LogP contribution in [0.25, 0.3) is 5.76 Å². The summed E-state index contributed by atoms with van der Waals surface area (Å²) >= 11 is 2.58. The predicted octanol–water partition coefficient (Wildman–Crippen LogP) is 8.78. The number of aromatic nitrogens is 2. The molecular formula is C38H34FN3O4S2. The smallest absolute Gasteiger partial charge is 0.301 e. The van der Waals surface area contributed by atoms with Gasteiger partial charge in [0.15, 0.2) is 4.34 Å². The zero-order valence-corrected chi connectivity index (χ0v) is 28.6. The van der Waals surface area contributed by atoms with Crippen LogP contribution in [0.1, 0.15) is 60.2 Å². The minimum absolute atomic E-state index is 0.0344. The molecule has 2 heterocycles. The number of nitrogens with zero attached hydrogens (tertiary/aromatic N) is 3. The van der Waals surface area contributed by atoms with E-state index in [0.29, 0.717) is 33.6 Å². The molecule has 0 radical (unpaired) electrons. The number of hydrogen-bond acceptors (Lipinski definition) is 8. The molecule has 10 heteroatoms. The Hall–Kier alpha value is -4.80. The first-order valence-electron chi connectivity index (χ1n) is 15.4.